The van der Waals surface area contributed by atoms with Crippen LogP contribution in [0.5, 0.6) is 5.75 Å². The third-order valence-corrected chi connectivity index (χ3v) is 3.73. The SMILES string of the molecule is COc1cccc(/C=C2\N=C(c3ccc(Cl)c([N+](=O)[O-])c3)OC2=O)c1. The van der Waals surface area contributed by atoms with Gasteiger partial charge in [0.1, 0.15) is 10.8 Å². The van der Waals surface area contributed by atoms with Gasteiger partial charge in [0.15, 0.2) is 5.70 Å². The Labute approximate surface area is 147 Å². The minimum atomic E-state index is -0.643. The van der Waals surface area contributed by atoms with Gasteiger partial charge in [0.05, 0.1) is 12.0 Å². The number of halogens is 1. The monoisotopic (exact) mass is 358 g/mol. The molecule has 0 bridgehead atoms. The Morgan fingerprint density at radius 3 is 2.80 bits per heavy atom. The molecule has 0 aliphatic carbocycles. The lowest BCUT2D eigenvalue weighted by Gasteiger charge is -2.00. The van der Waals surface area contributed by atoms with E-state index in [0.717, 1.165) is 0 Å². The number of rotatable bonds is 4. The van der Waals surface area contributed by atoms with E-state index in [1.54, 1.807) is 37.5 Å². The van der Waals surface area contributed by atoms with Gasteiger partial charge in [-0.1, -0.05) is 23.7 Å². The number of carbonyl (C=O) groups is 1. The fourth-order valence-electron chi connectivity index (χ4n) is 2.21. The summed E-state index contributed by atoms with van der Waals surface area (Å²) < 4.78 is 10.2. The molecule has 0 amide bonds. The van der Waals surface area contributed by atoms with Crippen molar-refractivity contribution in [2.24, 2.45) is 4.99 Å². The molecule has 0 aromatic heterocycles. The molecule has 0 atom stereocenters. The Morgan fingerprint density at radius 2 is 2.08 bits per heavy atom. The molecule has 3 rings (SSSR count). The van der Waals surface area contributed by atoms with Gasteiger partial charge in [-0.05, 0) is 35.9 Å². The molecule has 1 aliphatic rings. The van der Waals surface area contributed by atoms with Crippen molar-refractivity contribution in [3.05, 3.63) is 74.4 Å². The van der Waals surface area contributed by atoms with Gasteiger partial charge < -0.3 is 9.47 Å². The minimum absolute atomic E-state index is 0.00850. The number of nitrogens with zero attached hydrogens (tertiary/aromatic N) is 2. The summed E-state index contributed by atoms with van der Waals surface area (Å²) >= 11 is 5.78. The maximum absolute atomic E-state index is 12.0. The van der Waals surface area contributed by atoms with Crippen LogP contribution in [0.4, 0.5) is 5.69 Å². The molecule has 2 aromatic carbocycles. The van der Waals surface area contributed by atoms with Gasteiger partial charge in [-0.2, -0.15) is 0 Å². The quantitative estimate of drug-likeness (QED) is 0.360. The number of hydrogen-bond donors (Lipinski definition) is 0. The Bertz CT molecular complexity index is 936. The zero-order valence-corrected chi connectivity index (χ0v) is 13.7. The van der Waals surface area contributed by atoms with Crippen LogP contribution in [0.25, 0.3) is 6.08 Å². The van der Waals surface area contributed by atoms with Crippen molar-refractivity contribution in [2.45, 2.75) is 0 Å². The first kappa shape index (κ1) is 16.7. The van der Waals surface area contributed by atoms with Crippen LogP contribution in [-0.2, 0) is 9.53 Å². The van der Waals surface area contributed by atoms with E-state index < -0.39 is 10.9 Å². The Balaban J connectivity index is 1.96. The molecule has 2 aromatic rings. The number of aliphatic imine (C=N–C) groups is 1. The third-order valence-electron chi connectivity index (χ3n) is 3.41. The van der Waals surface area contributed by atoms with Crippen LogP contribution >= 0.6 is 11.6 Å². The number of benzene rings is 2. The number of ether oxygens (including phenoxy) is 2. The Hall–Kier alpha value is -3.19. The molecule has 0 unspecified atom stereocenters. The van der Waals surface area contributed by atoms with Crippen LogP contribution in [0.1, 0.15) is 11.1 Å². The summed E-state index contributed by atoms with van der Waals surface area (Å²) in [4.78, 5) is 26.5. The van der Waals surface area contributed by atoms with Gasteiger partial charge in [-0.25, -0.2) is 9.79 Å². The van der Waals surface area contributed by atoms with Crippen LogP contribution in [-0.4, -0.2) is 23.9 Å². The topological polar surface area (TPSA) is 91.0 Å². The van der Waals surface area contributed by atoms with Crippen molar-refractivity contribution < 1.29 is 19.2 Å². The normalized spacial score (nSPS) is 15.0. The maximum Gasteiger partial charge on any atom is 0.363 e. The van der Waals surface area contributed by atoms with Gasteiger partial charge in [-0.3, -0.25) is 10.1 Å². The molecular weight excluding hydrogens is 348 g/mol. The van der Waals surface area contributed by atoms with Crippen LogP contribution < -0.4 is 4.74 Å². The predicted octanol–water partition coefficient (Wildman–Crippen LogP) is 3.60. The molecule has 126 valence electrons. The van der Waals surface area contributed by atoms with E-state index in [9.17, 15) is 14.9 Å². The van der Waals surface area contributed by atoms with Crippen molar-refractivity contribution >= 4 is 35.2 Å². The molecular formula is C17H11ClN2O5. The number of nitro benzene ring substituents is 1. The van der Waals surface area contributed by atoms with E-state index in [1.165, 1.54) is 18.2 Å². The number of nitro groups is 1. The highest BCUT2D eigenvalue weighted by Gasteiger charge is 2.26. The molecule has 0 spiro atoms. The molecule has 7 nitrogen and oxygen atoms in total. The first-order chi connectivity index (χ1) is 12.0. The molecule has 8 heteroatoms. The molecule has 0 N–H and O–H groups in total. The van der Waals surface area contributed by atoms with Gasteiger partial charge in [0.2, 0.25) is 5.90 Å². The Morgan fingerprint density at radius 1 is 1.28 bits per heavy atom. The number of methoxy groups -OCH3 is 1. The van der Waals surface area contributed by atoms with Crippen LogP contribution in [0.3, 0.4) is 0 Å². The fraction of sp³-hybridized carbons (Fsp3) is 0.0588. The van der Waals surface area contributed by atoms with Crippen LogP contribution in [0.15, 0.2) is 53.2 Å². The highest BCUT2D eigenvalue weighted by molar-refractivity contribution is 6.32. The fourth-order valence-corrected chi connectivity index (χ4v) is 2.39. The molecule has 1 aliphatic heterocycles. The molecule has 0 radical (unpaired) electrons. The van der Waals surface area contributed by atoms with E-state index in [0.29, 0.717) is 16.9 Å². The summed E-state index contributed by atoms with van der Waals surface area (Å²) in [7, 11) is 1.54. The van der Waals surface area contributed by atoms with Gasteiger partial charge >= 0.3 is 5.97 Å². The lowest BCUT2D eigenvalue weighted by Crippen LogP contribution is -2.06. The zero-order chi connectivity index (χ0) is 18.0. The minimum Gasteiger partial charge on any atom is -0.497 e. The number of esters is 1. The van der Waals surface area contributed by atoms with Crippen molar-refractivity contribution in [1.82, 2.24) is 0 Å². The summed E-state index contributed by atoms with van der Waals surface area (Å²) in [5, 5.41) is 11.0. The molecule has 25 heavy (non-hydrogen) atoms. The van der Waals surface area contributed by atoms with Gasteiger partial charge in [-0.15, -0.1) is 0 Å². The molecule has 0 saturated carbocycles. The lowest BCUT2D eigenvalue weighted by atomic mass is 10.2. The Kier molecular flexibility index (Phi) is 4.49. The largest absolute Gasteiger partial charge is 0.497 e. The van der Waals surface area contributed by atoms with Gasteiger partial charge in [0, 0.05) is 11.6 Å². The van der Waals surface area contributed by atoms with Crippen molar-refractivity contribution in [1.29, 1.82) is 0 Å². The average molecular weight is 359 g/mol. The van der Waals surface area contributed by atoms with Crippen LogP contribution in [0.2, 0.25) is 5.02 Å². The first-order valence-electron chi connectivity index (χ1n) is 7.09. The van der Waals surface area contributed by atoms with Crippen molar-refractivity contribution in [2.75, 3.05) is 7.11 Å². The van der Waals surface area contributed by atoms with E-state index in [1.807, 2.05) is 0 Å². The average Bonchev–Trinajstić information content (AvgIpc) is 2.96. The summed E-state index contributed by atoms with van der Waals surface area (Å²) in [5.41, 5.74) is 0.792. The molecule has 0 saturated heterocycles. The number of cyclic esters (lactones) is 1. The maximum atomic E-state index is 12.0. The molecule has 0 fully saturated rings. The standard InChI is InChI=1S/C17H11ClN2O5/c1-24-12-4-2-3-10(7-12)8-14-17(21)25-16(19-14)11-5-6-13(18)15(9-11)20(22)23/h2-9H,1H3/b14-8-. The van der Waals surface area contributed by atoms with E-state index in [2.05, 4.69) is 4.99 Å². The smallest absolute Gasteiger partial charge is 0.363 e. The van der Waals surface area contributed by atoms with E-state index >= 15 is 0 Å². The molecule has 1 heterocycles. The van der Waals surface area contributed by atoms with Crippen LogP contribution in [0, 0.1) is 10.1 Å². The summed E-state index contributed by atoms with van der Waals surface area (Å²) in [6, 6.07) is 11.1. The lowest BCUT2D eigenvalue weighted by molar-refractivity contribution is -0.384. The van der Waals surface area contributed by atoms with E-state index in [-0.39, 0.29) is 22.3 Å². The van der Waals surface area contributed by atoms with Crippen molar-refractivity contribution in [3.8, 4) is 5.75 Å². The zero-order valence-electron chi connectivity index (χ0n) is 12.9. The number of carbonyl (C=O) groups excluding carboxylic acids is 1. The second-order valence-electron chi connectivity index (χ2n) is 5.04. The van der Waals surface area contributed by atoms with Gasteiger partial charge in [0.25, 0.3) is 5.69 Å². The number of hydrogen-bond acceptors (Lipinski definition) is 6. The predicted molar refractivity (Wildman–Crippen MR) is 91.7 cm³/mol. The van der Waals surface area contributed by atoms with E-state index in [4.69, 9.17) is 21.1 Å². The summed E-state index contributed by atoms with van der Waals surface area (Å²) in [6.07, 6.45) is 1.54. The summed E-state index contributed by atoms with van der Waals surface area (Å²) in [5.74, 6) is -0.0208. The highest BCUT2D eigenvalue weighted by Crippen LogP contribution is 2.27. The second kappa shape index (κ2) is 6.74. The first-order valence-corrected chi connectivity index (χ1v) is 7.46. The van der Waals surface area contributed by atoms with Crippen molar-refractivity contribution in [3.63, 3.8) is 0 Å². The second-order valence-corrected chi connectivity index (χ2v) is 5.44. The highest BCUT2D eigenvalue weighted by atomic mass is 35.5. The summed E-state index contributed by atoms with van der Waals surface area (Å²) in [6.45, 7) is 0. The third kappa shape index (κ3) is 3.51.